The average molecular weight is 303 g/mol. The van der Waals surface area contributed by atoms with Gasteiger partial charge in [0.25, 0.3) is 0 Å². The molecule has 19 heavy (non-hydrogen) atoms. The van der Waals surface area contributed by atoms with E-state index in [1.165, 1.54) is 64.2 Å². The van der Waals surface area contributed by atoms with Gasteiger partial charge in [0.05, 0.1) is 12.2 Å². The third kappa shape index (κ3) is 4.29. The molecular formula is C15H26O2S2. The van der Waals surface area contributed by atoms with Gasteiger partial charge in [-0.1, -0.05) is 38.5 Å². The van der Waals surface area contributed by atoms with Gasteiger partial charge in [-0.25, -0.2) is 0 Å². The molecule has 0 amide bonds. The normalized spacial score (nSPS) is 34.7. The number of ether oxygens (including phenoxy) is 2. The lowest BCUT2D eigenvalue weighted by molar-refractivity contribution is -0.0672. The van der Waals surface area contributed by atoms with E-state index in [1.807, 2.05) is 23.5 Å². The first kappa shape index (κ1) is 14.6. The van der Waals surface area contributed by atoms with E-state index < -0.39 is 0 Å². The second-order valence-corrected chi connectivity index (χ2v) is 8.52. The molecule has 4 heteroatoms. The van der Waals surface area contributed by atoms with Crippen LogP contribution in [0.25, 0.3) is 0 Å². The van der Waals surface area contributed by atoms with Gasteiger partial charge in [0.1, 0.15) is 10.9 Å². The Labute approximate surface area is 125 Å². The zero-order valence-electron chi connectivity index (χ0n) is 11.7. The Hall–Kier alpha value is 0.620. The Morgan fingerprint density at radius 3 is 1.42 bits per heavy atom. The lowest BCUT2D eigenvalue weighted by Crippen LogP contribution is -2.32. The summed E-state index contributed by atoms with van der Waals surface area (Å²) >= 11 is 3.90. The molecule has 0 radical (unpaired) electrons. The van der Waals surface area contributed by atoms with Gasteiger partial charge in [-0.05, 0) is 25.7 Å². The summed E-state index contributed by atoms with van der Waals surface area (Å²) in [6, 6.07) is 0. The average Bonchev–Trinajstić information content (AvgIpc) is 2.88. The van der Waals surface area contributed by atoms with Crippen LogP contribution in [0.1, 0.15) is 64.2 Å². The van der Waals surface area contributed by atoms with Crippen molar-refractivity contribution in [2.75, 3.05) is 5.08 Å². The lowest BCUT2D eigenvalue weighted by atomic mass is 9.98. The van der Waals surface area contributed by atoms with E-state index in [9.17, 15) is 0 Å². The van der Waals surface area contributed by atoms with Gasteiger partial charge >= 0.3 is 0 Å². The first-order chi connectivity index (χ1) is 9.42. The summed E-state index contributed by atoms with van der Waals surface area (Å²) in [6.45, 7) is 0. The summed E-state index contributed by atoms with van der Waals surface area (Å²) < 4.78 is 12.6. The number of thioether (sulfide) groups is 2. The van der Waals surface area contributed by atoms with Gasteiger partial charge in [-0.2, -0.15) is 0 Å². The van der Waals surface area contributed by atoms with Gasteiger partial charge in [-0.15, -0.1) is 23.5 Å². The topological polar surface area (TPSA) is 18.5 Å². The van der Waals surface area contributed by atoms with Gasteiger partial charge in [0, 0.05) is 5.08 Å². The smallest absolute Gasteiger partial charge is 0.139 e. The summed E-state index contributed by atoms with van der Waals surface area (Å²) in [7, 11) is 0. The fourth-order valence-electron chi connectivity index (χ4n) is 3.32. The van der Waals surface area contributed by atoms with E-state index in [4.69, 9.17) is 9.47 Å². The van der Waals surface area contributed by atoms with Crippen molar-refractivity contribution in [1.29, 1.82) is 0 Å². The molecule has 0 aromatic heterocycles. The molecule has 2 saturated carbocycles. The van der Waals surface area contributed by atoms with Crippen molar-refractivity contribution < 1.29 is 9.47 Å². The van der Waals surface area contributed by atoms with Crippen LogP contribution in [0.5, 0.6) is 0 Å². The minimum Gasteiger partial charge on any atom is -0.361 e. The van der Waals surface area contributed by atoms with E-state index in [2.05, 4.69) is 0 Å². The second kappa shape index (κ2) is 7.58. The van der Waals surface area contributed by atoms with Crippen molar-refractivity contribution in [1.82, 2.24) is 0 Å². The molecule has 0 bridgehead atoms. The largest absolute Gasteiger partial charge is 0.361 e. The predicted molar refractivity (Wildman–Crippen MR) is 83.5 cm³/mol. The van der Waals surface area contributed by atoms with Crippen molar-refractivity contribution in [3.05, 3.63) is 0 Å². The second-order valence-electron chi connectivity index (χ2n) is 5.98. The fraction of sp³-hybridized carbons (Fsp3) is 1.00. The maximum absolute atomic E-state index is 6.32. The van der Waals surface area contributed by atoms with Gasteiger partial charge in [0.15, 0.2) is 0 Å². The molecule has 1 aliphatic heterocycles. The number of rotatable bonds is 4. The molecule has 0 aromatic rings. The SMILES string of the molecule is C1CCC(OC2SCSC2OC2CCCCC2)CC1. The van der Waals surface area contributed by atoms with Crippen LogP contribution >= 0.6 is 23.5 Å². The third-order valence-corrected chi connectivity index (χ3v) is 7.08. The van der Waals surface area contributed by atoms with E-state index in [0.29, 0.717) is 12.2 Å². The zero-order valence-corrected chi connectivity index (χ0v) is 13.4. The standard InChI is InChI=1S/C15H26O2S2/c1-3-7-12(8-4-1)16-14-15(19-11-18-14)17-13-9-5-2-6-10-13/h12-15H,1-11H2. The Balaban J connectivity index is 1.46. The lowest BCUT2D eigenvalue weighted by Gasteiger charge is -2.30. The summed E-state index contributed by atoms with van der Waals surface area (Å²) in [5, 5.41) is 1.13. The summed E-state index contributed by atoms with van der Waals surface area (Å²) in [5.41, 5.74) is 0.574. The van der Waals surface area contributed by atoms with Gasteiger partial charge in [0.2, 0.25) is 0 Å². The highest BCUT2D eigenvalue weighted by Crippen LogP contribution is 2.41. The predicted octanol–water partition coefficient (Wildman–Crippen LogP) is 4.77. The zero-order chi connectivity index (χ0) is 12.9. The minimum atomic E-state index is 0.287. The monoisotopic (exact) mass is 302 g/mol. The highest BCUT2D eigenvalue weighted by molar-refractivity contribution is 8.19. The first-order valence-corrected chi connectivity index (χ1v) is 10.1. The molecule has 0 aromatic carbocycles. The molecular weight excluding hydrogens is 276 g/mol. The Bertz CT molecular complexity index is 237. The van der Waals surface area contributed by atoms with Gasteiger partial charge in [-0.3, -0.25) is 0 Å². The Kier molecular flexibility index (Phi) is 5.80. The van der Waals surface area contributed by atoms with Crippen molar-refractivity contribution in [3.63, 3.8) is 0 Å². The van der Waals surface area contributed by atoms with Crippen LogP contribution in [0.4, 0.5) is 0 Å². The first-order valence-electron chi connectivity index (χ1n) is 7.96. The molecule has 2 nitrogen and oxygen atoms in total. The maximum atomic E-state index is 6.32. The maximum Gasteiger partial charge on any atom is 0.139 e. The van der Waals surface area contributed by atoms with Crippen LogP contribution in [0.3, 0.4) is 0 Å². The van der Waals surface area contributed by atoms with E-state index >= 15 is 0 Å². The molecule has 3 fully saturated rings. The molecule has 2 unspecified atom stereocenters. The third-order valence-electron chi connectivity index (χ3n) is 4.44. The van der Waals surface area contributed by atoms with E-state index in [0.717, 1.165) is 5.08 Å². The van der Waals surface area contributed by atoms with Crippen LogP contribution < -0.4 is 0 Å². The highest BCUT2D eigenvalue weighted by atomic mass is 32.2. The van der Waals surface area contributed by atoms with Crippen molar-refractivity contribution in [2.24, 2.45) is 0 Å². The van der Waals surface area contributed by atoms with Crippen molar-refractivity contribution in [2.45, 2.75) is 87.3 Å². The van der Waals surface area contributed by atoms with Crippen LogP contribution in [-0.2, 0) is 9.47 Å². The molecule has 0 N–H and O–H groups in total. The van der Waals surface area contributed by atoms with Crippen LogP contribution in [-0.4, -0.2) is 28.2 Å². The van der Waals surface area contributed by atoms with E-state index in [-0.39, 0.29) is 10.9 Å². The molecule has 3 aliphatic rings. The Morgan fingerprint density at radius 1 is 0.579 bits per heavy atom. The van der Waals surface area contributed by atoms with Crippen LogP contribution in [0, 0.1) is 0 Å². The minimum absolute atomic E-state index is 0.287. The van der Waals surface area contributed by atoms with Crippen molar-refractivity contribution >= 4 is 23.5 Å². The summed E-state index contributed by atoms with van der Waals surface area (Å²) in [5.74, 6) is 0. The summed E-state index contributed by atoms with van der Waals surface area (Å²) in [4.78, 5) is 0. The molecule has 110 valence electrons. The number of hydrogen-bond donors (Lipinski definition) is 0. The highest BCUT2D eigenvalue weighted by Gasteiger charge is 2.34. The number of hydrogen-bond acceptors (Lipinski definition) is 4. The molecule has 1 saturated heterocycles. The molecule has 1 heterocycles. The van der Waals surface area contributed by atoms with Crippen LogP contribution in [0.15, 0.2) is 0 Å². The van der Waals surface area contributed by atoms with Crippen molar-refractivity contribution in [3.8, 4) is 0 Å². The molecule has 2 aliphatic carbocycles. The molecule has 0 spiro atoms. The quantitative estimate of drug-likeness (QED) is 0.744. The van der Waals surface area contributed by atoms with E-state index in [1.54, 1.807) is 0 Å². The molecule has 2 atom stereocenters. The molecule has 3 rings (SSSR count). The van der Waals surface area contributed by atoms with Gasteiger partial charge < -0.3 is 9.47 Å². The Morgan fingerprint density at radius 2 is 1.00 bits per heavy atom. The fourth-order valence-corrected chi connectivity index (χ4v) is 6.09. The van der Waals surface area contributed by atoms with Crippen LogP contribution in [0.2, 0.25) is 0 Å². The summed E-state index contributed by atoms with van der Waals surface area (Å²) in [6.07, 6.45) is 14.2.